The monoisotopic (exact) mass is 294 g/mol. The summed E-state index contributed by atoms with van der Waals surface area (Å²) in [5.74, 6) is 1.11. The Morgan fingerprint density at radius 3 is 2.35 bits per heavy atom. The van der Waals surface area contributed by atoms with Crippen LogP contribution in [0.25, 0.3) is 0 Å². The van der Waals surface area contributed by atoms with E-state index in [0.717, 1.165) is 36.8 Å². The first-order valence-corrected chi connectivity index (χ1v) is 8.81. The highest BCUT2D eigenvalue weighted by Gasteiger charge is 2.43. The van der Waals surface area contributed by atoms with Crippen molar-refractivity contribution in [3.63, 3.8) is 0 Å². The van der Waals surface area contributed by atoms with Gasteiger partial charge in [-0.2, -0.15) is 0 Å². The molecule has 0 radical (unpaired) electrons. The predicted octanol–water partition coefficient (Wildman–Crippen LogP) is 1.92. The second-order valence-electron chi connectivity index (χ2n) is 6.11. The van der Waals surface area contributed by atoms with Gasteiger partial charge in [0.1, 0.15) is 0 Å². The van der Waals surface area contributed by atoms with E-state index in [9.17, 15) is 8.42 Å². The molecular weight excluding hydrogens is 272 g/mol. The summed E-state index contributed by atoms with van der Waals surface area (Å²) in [5, 5.41) is 0. The first kappa shape index (κ1) is 14.0. The summed E-state index contributed by atoms with van der Waals surface area (Å²) < 4.78 is 28.0. The van der Waals surface area contributed by atoms with Crippen LogP contribution in [-0.2, 0) is 16.6 Å². The Morgan fingerprint density at radius 2 is 1.85 bits per heavy atom. The lowest BCUT2D eigenvalue weighted by Gasteiger charge is -2.18. The summed E-state index contributed by atoms with van der Waals surface area (Å²) in [6.07, 6.45) is 4.63. The van der Waals surface area contributed by atoms with Gasteiger partial charge in [0.25, 0.3) is 0 Å². The minimum absolute atomic E-state index is 0.141. The molecule has 0 amide bonds. The number of nitrogens with two attached hydrogens (primary N) is 1. The molecule has 0 unspecified atom stereocenters. The minimum atomic E-state index is -3.42. The number of nitrogens with one attached hydrogen (secondary N) is 1. The maximum absolute atomic E-state index is 12.5. The zero-order valence-corrected chi connectivity index (χ0v) is 12.6. The first-order valence-electron chi connectivity index (χ1n) is 7.33. The Balaban J connectivity index is 1.83. The van der Waals surface area contributed by atoms with Gasteiger partial charge in [0.15, 0.2) is 0 Å². The number of hydrogen-bond acceptors (Lipinski definition) is 3. The Bertz CT molecular complexity index is 592. The standard InChI is InChI=1S/C15H22N2O2S/c1-10-2-7-14(8-13(10)9-16)20(18,19)17-15(11-3-4-11)12-5-6-12/h2,7-8,11-12,15,17H,3-6,9,16H2,1H3. The van der Waals surface area contributed by atoms with Crippen LogP contribution in [0.3, 0.4) is 0 Å². The predicted molar refractivity (Wildman–Crippen MR) is 78.6 cm³/mol. The van der Waals surface area contributed by atoms with Crippen molar-refractivity contribution in [2.45, 2.75) is 50.1 Å². The number of rotatable bonds is 6. The fraction of sp³-hybridized carbons (Fsp3) is 0.600. The molecule has 0 heterocycles. The van der Waals surface area contributed by atoms with Crippen molar-refractivity contribution in [1.29, 1.82) is 0 Å². The Morgan fingerprint density at radius 1 is 1.25 bits per heavy atom. The first-order chi connectivity index (χ1) is 9.51. The van der Waals surface area contributed by atoms with Crippen LogP contribution < -0.4 is 10.5 Å². The molecular formula is C15H22N2O2S. The molecule has 20 heavy (non-hydrogen) atoms. The lowest BCUT2D eigenvalue weighted by atomic mass is 10.1. The van der Waals surface area contributed by atoms with Crippen molar-refractivity contribution in [3.8, 4) is 0 Å². The molecule has 2 saturated carbocycles. The highest BCUT2D eigenvalue weighted by Crippen LogP contribution is 2.45. The van der Waals surface area contributed by atoms with E-state index in [-0.39, 0.29) is 6.04 Å². The molecule has 4 nitrogen and oxygen atoms in total. The zero-order chi connectivity index (χ0) is 14.3. The van der Waals surface area contributed by atoms with Gasteiger partial charge < -0.3 is 5.73 Å². The van der Waals surface area contributed by atoms with Gasteiger partial charge in [0.2, 0.25) is 10.0 Å². The van der Waals surface area contributed by atoms with Crippen LogP contribution in [0, 0.1) is 18.8 Å². The lowest BCUT2D eigenvalue weighted by molar-refractivity contribution is 0.471. The van der Waals surface area contributed by atoms with Crippen LogP contribution in [0.15, 0.2) is 23.1 Å². The molecule has 0 saturated heterocycles. The largest absolute Gasteiger partial charge is 0.326 e. The van der Waals surface area contributed by atoms with Gasteiger partial charge in [0, 0.05) is 12.6 Å². The zero-order valence-electron chi connectivity index (χ0n) is 11.8. The summed E-state index contributed by atoms with van der Waals surface area (Å²) in [6, 6.07) is 5.35. The molecule has 2 aliphatic carbocycles. The molecule has 1 aromatic rings. The highest BCUT2D eigenvalue weighted by atomic mass is 32.2. The fourth-order valence-corrected chi connectivity index (χ4v) is 4.19. The molecule has 0 spiro atoms. The van der Waals surface area contributed by atoms with Gasteiger partial charge >= 0.3 is 0 Å². The van der Waals surface area contributed by atoms with Crippen molar-refractivity contribution in [2.24, 2.45) is 17.6 Å². The molecule has 3 N–H and O–H groups in total. The van der Waals surface area contributed by atoms with Gasteiger partial charge in [-0.3, -0.25) is 0 Å². The van der Waals surface area contributed by atoms with Crippen molar-refractivity contribution in [1.82, 2.24) is 4.72 Å². The SMILES string of the molecule is Cc1ccc(S(=O)(=O)NC(C2CC2)C2CC2)cc1CN. The van der Waals surface area contributed by atoms with Crippen LogP contribution in [-0.4, -0.2) is 14.5 Å². The third kappa shape index (κ3) is 2.90. The topological polar surface area (TPSA) is 72.2 Å². The van der Waals surface area contributed by atoms with Gasteiger partial charge in [-0.05, 0) is 67.7 Å². The molecule has 2 fully saturated rings. The van der Waals surface area contributed by atoms with Crippen LogP contribution in [0.5, 0.6) is 0 Å². The normalized spacial score (nSPS) is 19.6. The third-order valence-electron chi connectivity index (χ3n) is 4.40. The Kier molecular flexibility index (Phi) is 3.60. The van der Waals surface area contributed by atoms with Crippen molar-refractivity contribution >= 4 is 10.0 Å². The Labute approximate surface area is 120 Å². The molecule has 1 aromatic carbocycles. The summed E-state index contributed by atoms with van der Waals surface area (Å²) in [5.41, 5.74) is 7.59. The molecule has 3 rings (SSSR count). The van der Waals surface area contributed by atoms with E-state index >= 15 is 0 Å². The highest BCUT2D eigenvalue weighted by molar-refractivity contribution is 7.89. The summed E-state index contributed by atoms with van der Waals surface area (Å²) in [6.45, 7) is 2.31. The van der Waals surface area contributed by atoms with Crippen molar-refractivity contribution in [2.75, 3.05) is 0 Å². The fourth-order valence-electron chi connectivity index (χ4n) is 2.77. The number of aryl methyl sites for hydroxylation is 1. The number of sulfonamides is 1. The van der Waals surface area contributed by atoms with Gasteiger partial charge in [-0.25, -0.2) is 13.1 Å². The van der Waals surface area contributed by atoms with Gasteiger partial charge in [-0.15, -0.1) is 0 Å². The van der Waals surface area contributed by atoms with Crippen LogP contribution >= 0.6 is 0 Å². The summed E-state index contributed by atoms with van der Waals surface area (Å²) >= 11 is 0. The summed E-state index contributed by atoms with van der Waals surface area (Å²) in [4.78, 5) is 0.342. The van der Waals surface area contributed by atoms with Crippen LogP contribution in [0.4, 0.5) is 0 Å². The second kappa shape index (κ2) is 5.13. The number of hydrogen-bond donors (Lipinski definition) is 2. The number of benzene rings is 1. The van der Waals surface area contributed by atoms with E-state index in [1.54, 1.807) is 12.1 Å². The average molecular weight is 294 g/mol. The minimum Gasteiger partial charge on any atom is -0.326 e. The van der Waals surface area contributed by atoms with Crippen molar-refractivity contribution in [3.05, 3.63) is 29.3 Å². The van der Waals surface area contributed by atoms with E-state index in [2.05, 4.69) is 4.72 Å². The maximum atomic E-state index is 12.5. The van der Waals surface area contributed by atoms with Crippen molar-refractivity contribution < 1.29 is 8.42 Å². The molecule has 0 aliphatic heterocycles. The molecule has 0 aromatic heterocycles. The lowest BCUT2D eigenvalue weighted by Crippen LogP contribution is -2.38. The van der Waals surface area contributed by atoms with E-state index in [1.807, 2.05) is 13.0 Å². The molecule has 0 atom stereocenters. The smallest absolute Gasteiger partial charge is 0.240 e. The maximum Gasteiger partial charge on any atom is 0.240 e. The second-order valence-corrected chi connectivity index (χ2v) is 7.83. The molecule has 110 valence electrons. The molecule has 2 aliphatic rings. The van der Waals surface area contributed by atoms with Gasteiger partial charge in [0.05, 0.1) is 4.90 Å². The van der Waals surface area contributed by atoms with E-state index in [0.29, 0.717) is 23.3 Å². The Hall–Kier alpha value is -0.910. The van der Waals surface area contributed by atoms with Gasteiger partial charge in [-0.1, -0.05) is 6.07 Å². The third-order valence-corrected chi connectivity index (χ3v) is 5.86. The average Bonchev–Trinajstić information content (AvgIpc) is 3.29. The quantitative estimate of drug-likeness (QED) is 0.842. The van der Waals surface area contributed by atoms with E-state index in [1.165, 1.54) is 0 Å². The molecule has 0 bridgehead atoms. The molecule has 5 heteroatoms. The van der Waals surface area contributed by atoms with E-state index in [4.69, 9.17) is 5.73 Å². The van der Waals surface area contributed by atoms with Crippen LogP contribution in [0.2, 0.25) is 0 Å². The van der Waals surface area contributed by atoms with Crippen LogP contribution in [0.1, 0.15) is 36.8 Å². The van der Waals surface area contributed by atoms with E-state index < -0.39 is 10.0 Å². The summed E-state index contributed by atoms with van der Waals surface area (Å²) in [7, 11) is -3.42.